The van der Waals surface area contributed by atoms with Crippen LogP contribution in [0.4, 0.5) is 5.82 Å². The lowest BCUT2D eigenvalue weighted by molar-refractivity contribution is 0.0593. The fourth-order valence-corrected chi connectivity index (χ4v) is 2.89. The Morgan fingerprint density at radius 2 is 2.22 bits per heavy atom. The molecular weight excluding hydrogens is 340 g/mol. The zero-order valence-electron chi connectivity index (χ0n) is 12.6. The number of pyridine rings is 1. The molecule has 2 aromatic heterocycles. The minimum atomic E-state index is -0.461. The predicted octanol–water partition coefficient (Wildman–Crippen LogP) is 1.84. The van der Waals surface area contributed by atoms with Crippen LogP contribution in [-0.2, 0) is 11.2 Å². The largest absolute Gasteiger partial charge is 0.464 e. The van der Waals surface area contributed by atoms with Crippen LogP contribution in [0, 0.1) is 6.92 Å². The van der Waals surface area contributed by atoms with E-state index in [0.717, 1.165) is 9.88 Å². The zero-order chi connectivity index (χ0) is 17.0. The van der Waals surface area contributed by atoms with E-state index in [-0.39, 0.29) is 16.7 Å². The number of hydrogen-bond donors (Lipinski definition) is 2. The van der Waals surface area contributed by atoms with E-state index in [1.54, 1.807) is 6.92 Å². The standard InChI is InChI=1S/C14H15ClN4O3S/c1-7-11(14(21)22-2)19-10(23-7)3-4-17-13(20)8-5-9(15)12(16)18-6-8/h5-6H,3-4H2,1-2H3,(H2,16,18)(H,17,20). The van der Waals surface area contributed by atoms with Gasteiger partial charge in [-0.1, -0.05) is 11.6 Å². The van der Waals surface area contributed by atoms with Crippen LogP contribution in [0.15, 0.2) is 12.3 Å². The first kappa shape index (κ1) is 17.2. The summed E-state index contributed by atoms with van der Waals surface area (Å²) in [6, 6.07) is 1.46. The lowest BCUT2D eigenvalue weighted by Crippen LogP contribution is -2.25. The van der Waals surface area contributed by atoms with Gasteiger partial charge in [0.25, 0.3) is 5.91 Å². The van der Waals surface area contributed by atoms with E-state index in [4.69, 9.17) is 17.3 Å². The van der Waals surface area contributed by atoms with Crippen LogP contribution in [0.5, 0.6) is 0 Å². The number of rotatable bonds is 5. The molecule has 0 radical (unpaired) electrons. The average Bonchev–Trinajstić information content (AvgIpc) is 2.90. The quantitative estimate of drug-likeness (QED) is 0.793. The van der Waals surface area contributed by atoms with E-state index in [9.17, 15) is 9.59 Å². The summed E-state index contributed by atoms with van der Waals surface area (Å²) in [5.74, 6) is -0.589. The number of esters is 1. The Hall–Kier alpha value is -2.19. The van der Waals surface area contributed by atoms with Crippen molar-refractivity contribution in [3.63, 3.8) is 0 Å². The van der Waals surface area contributed by atoms with Gasteiger partial charge in [-0.15, -0.1) is 11.3 Å². The van der Waals surface area contributed by atoms with Gasteiger partial charge in [0.05, 0.1) is 22.7 Å². The number of ether oxygens (including phenoxy) is 1. The molecule has 9 heteroatoms. The summed E-state index contributed by atoms with van der Waals surface area (Å²) in [7, 11) is 1.31. The molecule has 0 saturated heterocycles. The first-order valence-corrected chi connectivity index (χ1v) is 7.85. The Morgan fingerprint density at radius 3 is 2.87 bits per heavy atom. The molecule has 2 rings (SSSR count). The third-order valence-electron chi connectivity index (χ3n) is 2.98. The molecule has 23 heavy (non-hydrogen) atoms. The normalized spacial score (nSPS) is 10.4. The summed E-state index contributed by atoms with van der Waals surface area (Å²) in [5, 5.41) is 3.72. The van der Waals surface area contributed by atoms with Gasteiger partial charge in [0, 0.05) is 24.0 Å². The maximum atomic E-state index is 12.0. The number of aromatic nitrogens is 2. The summed E-state index contributed by atoms with van der Waals surface area (Å²) in [5.41, 5.74) is 6.14. The lowest BCUT2D eigenvalue weighted by atomic mass is 10.2. The van der Waals surface area contributed by atoms with Crippen LogP contribution in [-0.4, -0.2) is 35.5 Å². The first-order chi connectivity index (χ1) is 10.9. The van der Waals surface area contributed by atoms with Gasteiger partial charge < -0.3 is 15.8 Å². The highest BCUT2D eigenvalue weighted by Crippen LogP contribution is 2.19. The van der Waals surface area contributed by atoms with Gasteiger partial charge in [-0.2, -0.15) is 0 Å². The number of carbonyl (C=O) groups excluding carboxylic acids is 2. The average molecular weight is 355 g/mol. The maximum absolute atomic E-state index is 12.0. The monoisotopic (exact) mass is 354 g/mol. The second-order valence-corrected chi connectivity index (χ2v) is 6.30. The second-order valence-electron chi connectivity index (χ2n) is 4.60. The molecule has 0 saturated carbocycles. The molecule has 0 aromatic carbocycles. The minimum Gasteiger partial charge on any atom is -0.464 e. The van der Waals surface area contributed by atoms with Crippen molar-refractivity contribution in [2.45, 2.75) is 13.3 Å². The number of nitrogens with zero attached hydrogens (tertiary/aromatic N) is 2. The number of anilines is 1. The number of nitrogen functional groups attached to an aromatic ring is 1. The highest BCUT2D eigenvalue weighted by atomic mass is 35.5. The highest BCUT2D eigenvalue weighted by Gasteiger charge is 2.16. The molecule has 0 aliphatic rings. The summed E-state index contributed by atoms with van der Waals surface area (Å²) < 4.78 is 4.66. The molecule has 3 N–H and O–H groups in total. The van der Waals surface area contributed by atoms with Crippen LogP contribution in [0.1, 0.15) is 30.7 Å². The number of thiazole rings is 1. The topological polar surface area (TPSA) is 107 Å². The summed E-state index contributed by atoms with van der Waals surface area (Å²) >= 11 is 7.23. The SMILES string of the molecule is COC(=O)c1nc(CCNC(=O)c2cnc(N)c(Cl)c2)sc1C. The van der Waals surface area contributed by atoms with Gasteiger partial charge in [0.15, 0.2) is 5.69 Å². The van der Waals surface area contributed by atoms with Crippen LogP contribution in [0.3, 0.4) is 0 Å². The smallest absolute Gasteiger partial charge is 0.357 e. The van der Waals surface area contributed by atoms with Crippen LogP contribution in [0.25, 0.3) is 0 Å². The molecule has 0 aliphatic carbocycles. The summed E-state index contributed by atoms with van der Waals surface area (Å²) in [6.07, 6.45) is 1.86. The number of carbonyl (C=O) groups is 2. The van der Waals surface area contributed by atoms with Crippen molar-refractivity contribution in [3.05, 3.63) is 38.4 Å². The maximum Gasteiger partial charge on any atom is 0.357 e. The zero-order valence-corrected chi connectivity index (χ0v) is 14.1. The molecule has 0 bridgehead atoms. The number of halogens is 1. The molecule has 0 aliphatic heterocycles. The Balaban J connectivity index is 1.93. The van der Waals surface area contributed by atoms with Crippen molar-refractivity contribution >= 4 is 40.6 Å². The second kappa shape index (κ2) is 7.38. The van der Waals surface area contributed by atoms with E-state index in [1.807, 2.05) is 0 Å². The Kier molecular flexibility index (Phi) is 5.51. The summed E-state index contributed by atoms with van der Waals surface area (Å²) in [6.45, 7) is 2.17. The van der Waals surface area contributed by atoms with Crippen molar-refractivity contribution in [1.29, 1.82) is 0 Å². The summed E-state index contributed by atoms with van der Waals surface area (Å²) in [4.78, 5) is 32.3. The molecule has 2 aromatic rings. The molecule has 1 amide bonds. The first-order valence-electron chi connectivity index (χ1n) is 6.66. The number of amides is 1. The van der Waals surface area contributed by atoms with Crippen molar-refractivity contribution < 1.29 is 14.3 Å². The Bertz CT molecular complexity index is 748. The number of aryl methyl sites for hydroxylation is 1. The molecule has 7 nitrogen and oxygen atoms in total. The van der Waals surface area contributed by atoms with Gasteiger partial charge in [0.2, 0.25) is 0 Å². The van der Waals surface area contributed by atoms with Crippen LogP contribution in [0.2, 0.25) is 5.02 Å². The number of hydrogen-bond acceptors (Lipinski definition) is 7. The predicted molar refractivity (Wildman–Crippen MR) is 87.9 cm³/mol. The van der Waals surface area contributed by atoms with Gasteiger partial charge in [0.1, 0.15) is 5.82 Å². The molecular formula is C14H15ClN4O3S. The fraction of sp³-hybridized carbons (Fsp3) is 0.286. The molecule has 0 unspecified atom stereocenters. The molecule has 0 fully saturated rings. The Morgan fingerprint density at radius 1 is 1.48 bits per heavy atom. The molecule has 0 atom stereocenters. The fourth-order valence-electron chi connectivity index (χ4n) is 1.80. The van der Waals surface area contributed by atoms with E-state index in [0.29, 0.717) is 24.2 Å². The van der Waals surface area contributed by atoms with Gasteiger partial charge >= 0.3 is 5.97 Å². The highest BCUT2D eigenvalue weighted by molar-refractivity contribution is 7.11. The van der Waals surface area contributed by atoms with Crippen molar-refractivity contribution in [3.8, 4) is 0 Å². The van der Waals surface area contributed by atoms with Crippen LogP contribution >= 0.6 is 22.9 Å². The molecule has 2 heterocycles. The van der Waals surface area contributed by atoms with Gasteiger partial charge in [-0.05, 0) is 13.0 Å². The number of nitrogens with one attached hydrogen (secondary N) is 1. The van der Waals surface area contributed by atoms with E-state index in [2.05, 4.69) is 20.0 Å². The third-order valence-corrected chi connectivity index (χ3v) is 4.31. The van der Waals surface area contributed by atoms with Gasteiger partial charge in [-0.25, -0.2) is 14.8 Å². The van der Waals surface area contributed by atoms with Crippen molar-refractivity contribution in [2.75, 3.05) is 19.4 Å². The van der Waals surface area contributed by atoms with E-state index < -0.39 is 5.97 Å². The minimum absolute atomic E-state index is 0.178. The van der Waals surface area contributed by atoms with E-state index >= 15 is 0 Å². The Labute approximate surface area is 141 Å². The van der Waals surface area contributed by atoms with Crippen molar-refractivity contribution in [1.82, 2.24) is 15.3 Å². The molecule has 0 spiro atoms. The third kappa shape index (κ3) is 4.17. The van der Waals surface area contributed by atoms with Crippen molar-refractivity contribution in [2.24, 2.45) is 0 Å². The molecule has 122 valence electrons. The van der Waals surface area contributed by atoms with Gasteiger partial charge in [-0.3, -0.25) is 4.79 Å². The number of methoxy groups -OCH3 is 1. The lowest BCUT2D eigenvalue weighted by Gasteiger charge is -2.05. The number of nitrogens with two attached hydrogens (primary N) is 1. The van der Waals surface area contributed by atoms with Crippen LogP contribution < -0.4 is 11.1 Å². The van der Waals surface area contributed by atoms with E-state index in [1.165, 1.54) is 30.7 Å².